The molecule has 0 aromatic rings. The number of halogens is 1. The van der Waals surface area contributed by atoms with Crippen LogP contribution in [0, 0.1) is 0 Å². The van der Waals surface area contributed by atoms with Gasteiger partial charge >= 0.3 is 0 Å². The average molecular weight is 409 g/mol. The quantitative estimate of drug-likeness (QED) is 0.481. The van der Waals surface area contributed by atoms with Crippen molar-refractivity contribution in [1.82, 2.24) is 20.0 Å². The zero-order valence-electron chi connectivity index (χ0n) is 19.5. The van der Waals surface area contributed by atoms with E-state index in [1.807, 2.05) is 0 Å². The molecule has 1 fully saturated rings. The number of rotatable bonds is 3. The van der Waals surface area contributed by atoms with E-state index in [-0.39, 0.29) is 22.2 Å². The van der Waals surface area contributed by atoms with Gasteiger partial charge < -0.3 is 10.6 Å². The molecule has 1 aliphatic heterocycles. The molecule has 1 aliphatic rings. The van der Waals surface area contributed by atoms with Gasteiger partial charge in [-0.25, -0.2) is 0 Å². The van der Waals surface area contributed by atoms with Crippen LogP contribution >= 0.6 is 18.8 Å². The number of nitrogens with zero attached hydrogens (tertiary/aromatic N) is 2. The van der Waals surface area contributed by atoms with Crippen LogP contribution in [0.1, 0.15) is 83.1 Å². The minimum Gasteiger partial charge on any atom is -0.311 e. The highest BCUT2D eigenvalue weighted by Crippen LogP contribution is 2.58. The second-order valence-corrected chi connectivity index (χ2v) is 13.5. The Kier molecular flexibility index (Phi) is 10.1. The second-order valence-electron chi connectivity index (χ2n) is 11.2. The summed E-state index contributed by atoms with van der Waals surface area (Å²) in [5, 5.41) is 6.86. The lowest BCUT2D eigenvalue weighted by Crippen LogP contribution is -2.44. The molecule has 6 heteroatoms. The predicted molar refractivity (Wildman–Crippen MR) is 121 cm³/mol. The van der Waals surface area contributed by atoms with Crippen LogP contribution in [-0.2, 0) is 0 Å². The molecule has 2 N–H and O–H groups in total. The summed E-state index contributed by atoms with van der Waals surface area (Å²) >= 11 is 6.53. The molecule has 0 aromatic carbocycles. The third-order valence-electron chi connectivity index (χ3n) is 3.91. The maximum absolute atomic E-state index is 6.53. The van der Waals surface area contributed by atoms with Gasteiger partial charge in [0.1, 0.15) is 7.58 Å². The highest BCUT2D eigenvalue weighted by Gasteiger charge is 2.41. The van der Waals surface area contributed by atoms with Crippen LogP contribution in [0.25, 0.3) is 0 Å². The Morgan fingerprint density at radius 2 is 0.923 bits per heavy atom. The monoisotopic (exact) mass is 408 g/mol. The van der Waals surface area contributed by atoms with Crippen LogP contribution in [0.2, 0.25) is 0 Å². The van der Waals surface area contributed by atoms with Crippen molar-refractivity contribution in [3.8, 4) is 0 Å². The Labute approximate surface area is 170 Å². The van der Waals surface area contributed by atoms with Crippen molar-refractivity contribution >= 4 is 18.8 Å². The summed E-state index contributed by atoms with van der Waals surface area (Å²) < 4.78 is 4.82. The molecule has 0 radical (unpaired) electrons. The fraction of sp³-hybridized carbons (Fsp3) is 1.00. The van der Waals surface area contributed by atoms with Crippen LogP contribution < -0.4 is 10.6 Å². The first-order valence-electron chi connectivity index (χ1n) is 9.86. The fourth-order valence-corrected chi connectivity index (χ4v) is 6.10. The molecule has 0 aromatic heterocycles. The van der Waals surface area contributed by atoms with Gasteiger partial charge in [-0.05, 0) is 83.1 Å². The van der Waals surface area contributed by atoms with E-state index in [1.165, 1.54) is 0 Å². The lowest BCUT2D eigenvalue weighted by atomic mass is 10.1. The van der Waals surface area contributed by atoms with Crippen LogP contribution in [0.4, 0.5) is 0 Å². The molecular weight excluding hydrogens is 363 g/mol. The summed E-state index contributed by atoms with van der Waals surface area (Å²) in [5.41, 5.74) is 0.847. The first-order chi connectivity index (χ1) is 11.3. The zero-order chi connectivity index (χ0) is 21.0. The summed E-state index contributed by atoms with van der Waals surface area (Å²) in [6, 6.07) is 0. The minimum absolute atomic E-state index is 0.188. The summed E-state index contributed by atoms with van der Waals surface area (Å²) in [5.74, 6) is 0. The number of nitrogens with one attached hydrogen (secondary N) is 2. The summed E-state index contributed by atoms with van der Waals surface area (Å²) in [6.45, 7) is 30.7. The van der Waals surface area contributed by atoms with E-state index >= 15 is 0 Å². The van der Waals surface area contributed by atoms with E-state index in [9.17, 15) is 0 Å². The van der Waals surface area contributed by atoms with Crippen LogP contribution in [0.5, 0.6) is 0 Å². The van der Waals surface area contributed by atoms with Crippen LogP contribution in [0.15, 0.2) is 0 Å². The Hall–Kier alpha value is 0.560. The molecule has 0 saturated carbocycles. The van der Waals surface area contributed by atoms with Gasteiger partial charge in [-0.2, -0.15) is 0 Å². The number of hydrogen-bond donors (Lipinski definition) is 2. The molecule has 0 aliphatic carbocycles. The number of hydrogen-bond acceptors (Lipinski definition) is 4. The SMILES string of the molecule is CC(C)(C)N1CCN(C(C)(C)C)P1Cl.CC(C)(C)NCCNC(C)(C)C. The first kappa shape index (κ1) is 26.6. The van der Waals surface area contributed by atoms with Gasteiger partial charge in [0.25, 0.3) is 0 Å². The summed E-state index contributed by atoms with van der Waals surface area (Å²) in [6.07, 6.45) is 0. The van der Waals surface area contributed by atoms with Crippen molar-refractivity contribution in [2.24, 2.45) is 0 Å². The summed E-state index contributed by atoms with van der Waals surface area (Å²) in [7, 11) is -0.629. The normalized spacial score (nSPS) is 18.8. The Morgan fingerprint density at radius 3 is 1.08 bits per heavy atom. The van der Waals surface area contributed by atoms with Gasteiger partial charge in [0.05, 0.1) is 0 Å². The molecule has 1 heterocycles. The van der Waals surface area contributed by atoms with Gasteiger partial charge in [0.2, 0.25) is 0 Å². The second kappa shape index (κ2) is 9.85. The molecular formula is C20H46ClN4P. The van der Waals surface area contributed by atoms with E-state index in [0.29, 0.717) is 0 Å². The van der Waals surface area contributed by atoms with E-state index in [4.69, 9.17) is 11.2 Å². The van der Waals surface area contributed by atoms with E-state index in [2.05, 4.69) is 103 Å². The van der Waals surface area contributed by atoms with Gasteiger partial charge in [-0.3, -0.25) is 9.34 Å². The highest BCUT2D eigenvalue weighted by molar-refractivity contribution is 7.80. The van der Waals surface area contributed by atoms with Crippen LogP contribution in [-0.4, -0.2) is 57.7 Å². The molecule has 4 nitrogen and oxygen atoms in total. The molecule has 0 atom stereocenters. The van der Waals surface area contributed by atoms with E-state index in [0.717, 1.165) is 26.2 Å². The standard InChI is InChI=1S/C10H22ClN2P.C10H24N2/c1-9(2,3)12-7-8-13(14(12)11)10(4,5)6;1-9(2,3)11-7-8-12-10(4,5)6/h7-8H2,1-6H3;11-12H,7-8H2,1-6H3. The maximum atomic E-state index is 6.53. The lowest BCUT2D eigenvalue weighted by Gasteiger charge is -2.39. The Bertz CT molecular complexity index is 364. The van der Waals surface area contributed by atoms with Crippen molar-refractivity contribution in [2.45, 2.75) is 105 Å². The van der Waals surface area contributed by atoms with Gasteiger partial charge in [0, 0.05) is 48.3 Å². The van der Waals surface area contributed by atoms with Crippen molar-refractivity contribution in [3.63, 3.8) is 0 Å². The molecule has 0 unspecified atom stereocenters. The van der Waals surface area contributed by atoms with Crippen molar-refractivity contribution < 1.29 is 0 Å². The molecule has 26 heavy (non-hydrogen) atoms. The third kappa shape index (κ3) is 11.4. The predicted octanol–water partition coefficient (Wildman–Crippen LogP) is 5.43. The Morgan fingerprint density at radius 1 is 0.654 bits per heavy atom. The first-order valence-corrected chi connectivity index (χ1v) is 12.0. The highest BCUT2D eigenvalue weighted by atomic mass is 35.7. The molecule has 0 spiro atoms. The maximum Gasteiger partial charge on any atom is 0.141 e. The molecule has 1 saturated heterocycles. The molecule has 158 valence electrons. The Balaban J connectivity index is 0.000000488. The smallest absolute Gasteiger partial charge is 0.141 e. The third-order valence-corrected chi connectivity index (χ3v) is 7.40. The topological polar surface area (TPSA) is 30.5 Å². The largest absolute Gasteiger partial charge is 0.311 e. The zero-order valence-corrected chi connectivity index (χ0v) is 21.2. The molecule has 0 amide bonds. The lowest BCUT2D eigenvalue weighted by molar-refractivity contribution is 0.271. The minimum atomic E-state index is -0.629. The fourth-order valence-electron chi connectivity index (χ4n) is 2.53. The van der Waals surface area contributed by atoms with Crippen molar-refractivity contribution in [3.05, 3.63) is 0 Å². The summed E-state index contributed by atoms with van der Waals surface area (Å²) in [4.78, 5) is 0. The van der Waals surface area contributed by atoms with Crippen molar-refractivity contribution in [1.29, 1.82) is 0 Å². The van der Waals surface area contributed by atoms with Crippen LogP contribution in [0.3, 0.4) is 0 Å². The van der Waals surface area contributed by atoms with E-state index in [1.54, 1.807) is 0 Å². The van der Waals surface area contributed by atoms with E-state index < -0.39 is 7.58 Å². The van der Waals surface area contributed by atoms with Crippen molar-refractivity contribution in [2.75, 3.05) is 26.2 Å². The molecule has 0 bridgehead atoms. The van der Waals surface area contributed by atoms with Gasteiger partial charge in [-0.1, -0.05) is 11.2 Å². The molecule has 1 rings (SSSR count). The van der Waals surface area contributed by atoms with Gasteiger partial charge in [-0.15, -0.1) is 0 Å². The average Bonchev–Trinajstić information content (AvgIpc) is 2.75. The van der Waals surface area contributed by atoms with Gasteiger partial charge in [0.15, 0.2) is 0 Å².